The average molecular weight is 976 g/mol. The van der Waals surface area contributed by atoms with Crippen molar-refractivity contribution < 1.29 is 48.7 Å². The Morgan fingerprint density at radius 2 is 1.07 bits per heavy atom. The number of aromatic carboxylic acids is 3. The molecule has 0 amide bonds. The highest BCUT2D eigenvalue weighted by Crippen LogP contribution is 2.37. The maximum atomic E-state index is 14.6. The lowest BCUT2D eigenvalue weighted by atomic mass is 9.98. The van der Waals surface area contributed by atoms with Crippen molar-refractivity contribution >= 4 is 29.3 Å². The third-order valence-electron chi connectivity index (χ3n) is 12.6. The molecule has 71 heavy (non-hydrogen) atoms. The van der Waals surface area contributed by atoms with Crippen LogP contribution < -0.4 is 36.0 Å². The highest BCUT2D eigenvalue weighted by atomic mass is 19.1. The Balaban J connectivity index is 0.000000174. The number of methoxy groups -OCH3 is 2. The van der Waals surface area contributed by atoms with Crippen molar-refractivity contribution in [2.24, 2.45) is 0 Å². The Labute approximate surface area is 408 Å². The SMILES string of the molecule is CCc1c(-c2ccc(OC)cc2OC)[nH]c(=O)c(C(=O)O)c1O.CCc1cc(C(=O)O)c(=O)[nH]c1-c1ccc(N2CCCC2)cc1C.CCc1cc(C(=O)O)c(=O)[nH]c1-c1ccc(N2CCCC2)cc1F. The van der Waals surface area contributed by atoms with Gasteiger partial charge in [0.25, 0.3) is 16.7 Å². The van der Waals surface area contributed by atoms with Gasteiger partial charge in [-0.05, 0) is 123 Å². The van der Waals surface area contributed by atoms with E-state index in [2.05, 4.69) is 36.9 Å². The standard InChI is InChI=1S/C19H22N2O3.C18H19FN2O3.C16H17NO6/c1-3-13-11-16(19(23)24)18(22)20-17(13)15-7-6-14(10-12(15)2)21-8-4-5-9-21;1-2-11-9-14(18(23)24)17(22)20-16(11)13-6-5-12(10-15(13)19)21-7-3-4-8-21;1-4-9-13(17-15(19)12(14(9)18)16(20)21)10-6-5-8(22-2)7-11(10)23-3/h6-7,10-11H,3-5,8-9H2,1-2H3,(H,20,22)(H,23,24);5-6,9-10H,2-4,7-8H2,1H3,(H,20,22)(H,23,24);5-7H,4H2,1-3H3,(H,20,21)(H2,17,18,19). The van der Waals surface area contributed by atoms with Crippen LogP contribution in [0.15, 0.2) is 81.1 Å². The Morgan fingerprint density at radius 3 is 1.51 bits per heavy atom. The zero-order valence-electron chi connectivity index (χ0n) is 40.5. The van der Waals surface area contributed by atoms with Crippen molar-refractivity contribution in [3.63, 3.8) is 0 Å². The molecule has 5 heterocycles. The van der Waals surface area contributed by atoms with Gasteiger partial charge in [-0.2, -0.15) is 0 Å². The number of aryl methyl sites for hydroxylation is 3. The predicted molar refractivity (Wildman–Crippen MR) is 269 cm³/mol. The third kappa shape index (κ3) is 11.5. The number of anilines is 2. The first-order valence-corrected chi connectivity index (χ1v) is 23.3. The van der Waals surface area contributed by atoms with E-state index >= 15 is 0 Å². The van der Waals surface area contributed by atoms with Crippen molar-refractivity contribution in [1.82, 2.24) is 15.0 Å². The second kappa shape index (κ2) is 23.0. The van der Waals surface area contributed by atoms with Crippen molar-refractivity contribution in [2.75, 3.05) is 50.2 Å². The van der Waals surface area contributed by atoms with Crippen LogP contribution in [-0.2, 0) is 19.3 Å². The minimum Gasteiger partial charge on any atom is -0.506 e. The normalized spacial score (nSPS) is 12.9. The fourth-order valence-electron chi connectivity index (χ4n) is 8.89. The molecule has 17 nitrogen and oxygen atoms in total. The number of carboxylic acid groups (broad SMARTS) is 3. The smallest absolute Gasteiger partial charge is 0.345 e. The van der Waals surface area contributed by atoms with E-state index in [0.717, 1.165) is 67.1 Å². The first-order valence-electron chi connectivity index (χ1n) is 23.3. The summed E-state index contributed by atoms with van der Waals surface area (Å²) in [7, 11) is 2.98. The summed E-state index contributed by atoms with van der Waals surface area (Å²) in [5.74, 6) is -3.92. The fourth-order valence-corrected chi connectivity index (χ4v) is 8.89. The van der Waals surface area contributed by atoms with Gasteiger partial charge < -0.3 is 54.7 Å². The van der Waals surface area contributed by atoms with Crippen molar-refractivity contribution in [1.29, 1.82) is 0 Å². The Bertz CT molecular complexity index is 3010. The third-order valence-corrected chi connectivity index (χ3v) is 12.6. The van der Waals surface area contributed by atoms with Crippen LogP contribution in [0.4, 0.5) is 15.8 Å². The molecule has 3 aromatic heterocycles. The van der Waals surface area contributed by atoms with Crippen LogP contribution >= 0.6 is 0 Å². The second-order valence-electron chi connectivity index (χ2n) is 17.0. The number of nitrogens with zero attached hydrogens (tertiary/aromatic N) is 2. The number of H-pyrrole nitrogens is 3. The molecule has 2 fully saturated rings. The minimum atomic E-state index is -1.48. The summed E-state index contributed by atoms with van der Waals surface area (Å²) in [6, 6.07) is 19.0. The summed E-state index contributed by atoms with van der Waals surface area (Å²) < 4.78 is 25.1. The van der Waals surface area contributed by atoms with Crippen LogP contribution in [0.3, 0.4) is 0 Å². The summed E-state index contributed by atoms with van der Waals surface area (Å²) in [6.07, 6.45) is 6.13. The number of carbonyl (C=O) groups is 3. The van der Waals surface area contributed by atoms with Crippen LogP contribution in [0.5, 0.6) is 17.2 Å². The summed E-state index contributed by atoms with van der Waals surface area (Å²) in [6.45, 7) is 11.6. The van der Waals surface area contributed by atoms with Crippen LogP contribution in [0.25, 0.3) is 33.8 Å². The van der Waals surface area contributed by atoms with Gasteiger partial charge in [0.05, 0.1) is 31.3 Å². The largest absolute Gasteiger partial charge is 0.506 e. The molecule has 0 aliphatic carbocycles. The molecule has 0 unspecified atom stereocenters. The summed E-state index contributed by atoms with van der Waals surface area (Å²) in [5, 5.41) is 37.4. The molecule has 0 spiro atoms. The molecular formula is C53H58FN5O12. The molecule has 8 rings (SSSR count). The summed E-state index contributed by atoms with van der Waals surface area (Å²) >= 11 is 0. The zero-order chi connectivity index (χ0) is 51.7. The summed E-state index contributed by atoms with van der Waals surface area (Å²) in [4.78, 5) is 81.8. The lowest BCUT2D eigenvalue weighted by molar-refractivity contribution is 0.0681. The molecule has 3 aromatic carbocycles. The van der Waals surface area contributed by atoms with E-state index in [-0.39, 0.29) is 16.7 Å². The summed E-state index contributed by atoms with van der Waals surface area (Å²) in [5.41, 5.74) is 4.65. The van der Waals surface area contributed by atoms with E-state index in [1.807, 2.05) is 32.9 Å². The van der Waals surface area contributed by atoms with E-state index in [9.17, 15) is 38.3 Å². The Hall–Kier alpha value is -8.15. The van der Waals surface area contributed by atoms with Crippen molar-refractivity contribution in [3.8, 4) is 51.0 Å². The number of hydrogen-bond donors (Lipinski definition) is 7. The number of ether oxygens (including phenoxy) is 2. The van der Waals surface area contributed by atoms with E-state index < -0.39 is 51.7 Å². The Morgan fingerprint density at radius 1 is 0.592 bits per heavy atom. The maximum Gasteiger partial charge on any atom is 0.345 e. The zero-order valence-corrected chi connectivity index (χ0v) is 40.5. The molecule has 0 saturated carbocycles. The van der Waals surface area contributed by atoms with Gasteiger partial charge in [0, 0.05) is 65.9 Å². The number of rotatable bonds is 13. The molecule has 18 heteroatoms. The van der Waals surface area contributed by atoms with Crippen LogP contribution in [0.2, 0.25) is 0 Å². The van der Waals surface area contributed by atoms with E-state index in [1.165, 1.54) is 50.9 Å². The Kier molecular flexibility index (Phi) is 16.9. The number of aromatic nitrogens is 3. The number of hydrogen-bond acceptors (Lipinski definition) is 11. The number of pyridine rings is 3. The van der Waals surface area contributed by atoms with Crippen LogP contribution in [0, 0.1) is 12.7 Å². The molecule has 6 aromatic rings. The highest BCUT2D eigenvalue weighted by Gasteiger charge is 2.24. The molecule has 0 radical (unpaired) electrons. The van der Waals surface area contributed by atoms with Gasteiger partial charge in [-0.25, -0.2) is 18.8 Å². The van der Waals surface area contributed by atoms with Crippen LogP contribution in [-0.4, -0.2) is 93.7 Å². The second-order valence-corrected chi connectivity index (χ2v) is 17.0. The number of carboxylic acids is 3. The van der Waals surface area contributed by atoms with Gasteiger partial charge >= 0.3 is 17.9 Å². The minimum absolute atomic E-state index is 0.207. The molecule has 2 aliphatic rings. The van der Waals surface area contributed by atoms with Crippen molar-refractivity contribution in [3.05, 3.63) is 143 Å². The van der Waals surface area contributed by atoms with Crippen molar-refractivity contribution in [2.45, 2.75) is 72.6 Å². The van der Waals surface area contributed by atoms with Gasteiger partial charge in [0.2, 0.25) is 0 Å². The van der Waals surface area contributed by atoms with Gasteiger partial charge in [-0.1, -0.05) is 26.8 Å². The lowest BCUT2D eigenvalue weighted by Gasteiger charge is -2.20. The van der Waals surface area contributed by atoms with Gasteiger partial charge in [0.15, 0.2) is 5.56 Å². The maximum absolute atomic E-state index is 14.6. The van der Waals surface area contributed by atoms with Gasteiger partial charge in [0.1, 0.15) is 34.2 Å². The van der Waals surface area contributed by atoms with E-state index in [0.29, 0.717) is 58.8 Å². The molecule has 374 valence electrons. The molecule has 0 bridgehead atoms. The fraction of sp³-hybridized carbons (Fsp3) is 0.321. The van der Waals surface area contributed by atoms with E-state index in [4.69, 9.17) is 24.8 Å². The lowest BCUT2D eigenvalue weighted by Crippen LogP contribution is -2.20. The quantitative estimate of drug-likeness (QED) is 0.0575. The number of aromatic amines is 3. The van der Waals surface area contributed by atoms with Gasteiger partial charge in [-0.15, -0.1) is 0 Å². The van der Waals surface area contributed by atoms with Crippen LogP contribution in [0.1, 0.15) is 99.8 Å². The van der Waals surface area contributed by atoms with Gasteiger partial charge in [-0.3, -0.25) is 14.4 Å². The first-order chi connectivity index (χ1) is 34.0. The number of nitrogens with one attached hydrogen (secondary N) is 3. The molecular weight excluding hydrogens is 918 g/mol. The molecule has 0 atom stereocenters. The van der Waals surface area contributed by atoms with E-state index in [1.54, 1.807) is 31.2 Å². The molecule has 2 saturated heterocycles. The monoisotopic (exact) mass is 975 g/mol. The number of halogens is 1. The molecule has 7 N–H and O–H groups in total. The number of benzene rings is 3. The first kappa shape index (κ1) is 52.2. The highest BCUT2D eigenvalue weighted by molar-refractivity contribution is 5.92. The topological polar surface area (TPSA) is 256 Å². The molecule has 2 aliphatic heterocycles. The number of aromatic hydroxyl groups is 1. The average Bonchev–Trinajstić information content (AvgIpc) is 4.10. The predicted octanol–water partition coefficient (Wildman–Crippen LogP) is 8.28.